The molecule has 1 unspecified atom stereocenters. The highest BCUT2D eigenvalue weighted by atomic mass is 16.5. The van der Waals surface area contributed by atoms with Crippen LogP contribution in [0.4, 0.5) is 0 Å². The molecule has 4 nitrogen and oxygen atoms in total. The van der Waals surface area contributed by atoms with Crippen molar-refractivity contribution in [2.24, 2.45) is 5.92 Å². The number of ketones is 1. The first-order chi connectivity index (χ1) is 7.68. The van der Waals surface area contributed by atoms with Crippen LogP contribution in [0.3, 0.4) is 0 Å². The van der Waals surface area contributed by atoms with Gasteiger partial charge in [0.1, 0.15) is 6.61 Å². The maximum absolute atomic E-state index is 11.3. The summed E-state index contributed by atoms with van der Waals surface area (Å²) in [6, 6.07) is 0. The molecule has 1 aliphatic heterocycles. The topological polar surface area (TPSA) is 52.6 Å². The molecule has 0 bridgehead atoms. The van der Waals surface area contributed by atoms with Crippen LogP contribution in [0, 0.1) is 5.92 Å². The molecule has 0 radical (unpaired) electrons. The van der Waals surface area contributed by atoms with E-state index in [4.69, 9.17) is 9.47 Å². The van der Waals surface area contributed by atoms with Gasteiger partial charge in [-0.3, -0.25) is 9.59 Å². The Morgan fingerprint density at radius 1 is 1.12 bits per heavy atom. The minimum absolute atomic E-state index is 0.0692. The van der Waals surface area contributed by atoms with Crippen molar-refractivity contribution in [3.05, 3.63) is 0 Å². The second kappa shape index (κ2) is 7.39. The Labute approximate surface area is 96.3 Å². The van der Waals surface area contributed by atoms with Gasteiger partial charge in [-0.05, 0) is 25.2 Å². The van der Waals surface area contributed by atoms with E-state index in [2.05, 4.69) is 6.92 Å². The van der Waals surface area contributed by atoms with Crippen LogP contribution < -0.4 is 0 Å². The fourth-order valence-corrected chi connectivity index (χ4v) is 1.56. The van der Waals surface area contributed by atoms with Crippen molar-refractivity contribution in [3.8, 4) is 0 Å². The summed E-state index contributed by atoms with van der Waals surface area (Å²) in [4.78, 5) is 22.5. The number of hydrogen-bond acceptors (Lipinski definition) is 4. The SMILES string of the molecule is CC1CCOCC(=O)CCCC(=O)OCC1. The first-order valence-electron chi connectivity index (χ1n) is 5.93. The van der Waals surface area contributed by atoms with E-state index in [9.17, 15) is 9.59 Å². The molecule has 0 aliphatic carbocycles. The molecule has 0 spiro atoms. The number of hydrogen-bond donors (Lipinski definition) is 0. The fourth-order valence-electron chi connectivity index (χ4n) is 1.56. The Morgan fingerprint density at radius 2 is 1.88 bits per heavy atom. The van der Waals surface area contributed by atoms with E-state index in [1.54, 1.807) is 0 Å². The summed E-state index contributed by atoms with van der Waals surface area (Å²) in [5.74, 6) is 0.337. The molecule has 0 aromatic heterocycles. The van der Waals surface area contributed by atoms with Crippen LogP contribution in [0.25, 0.3) is 0 Å². The minimum Gasteiger partial charge on any atom is -0.466 e. The van der Waals surface area contributed by atoms with E-state index >= 15 is 0 Å². The smallest absolute Gasteiger partial charge is 0.305 e. The zero-order valence-electron chi connectivity index (χ0n) is 9.87. The van der Waals surface area contributed by atoms with E-state index in [1.165, 1.54) is 0 Å². The van der Waals surface area contributed by atoms with Gasteiger partial charge in [0, 0.05) is 19.4 Å². The molecule has 1 heterocycles. The summed E-state index contributed by atoms with van der Waals surface area (Å²) >= 11 is 0. The van der Waals surface area contributed by atoms with Crippen molar-refractivity contribution in [3.63, 3.8) is 0 Å². The molecule has 1 aliphatic rings. The minimum atomic E-state index is -0.194. The van der Waals surface area contributed by atoms with Gasteiger partial charge in [-0.2, -0.15) is 0 Å². The van der Waals surface area contributed by atoms with Crippen molar-refractivity contribution >= 4 is 11.8 Å². The second-order valence-electron chi connectivity index (χ2n) is 4.35. The third-order valence-electron chi connectivity index (χ3n) is 2.73. The van der Waals surface area contributed by atoms with E-state index < -0.39 is 0 Å². The number of ether oxygens (including phenoxy) is 2. The molecule has 92 valence electrons. The van der Waals surface area contributed by atoms with Gasteiger partial charge in [0.25, 0.3) is 0 Å². The van der Waals surface area contributed by atoms with Crippen molar-refractivity contribution < 1.29 is 19.1 Å². The van der Waals surface area contributed by atoms with Gasteiger partial charge in [0.15, 0.2) is 5.78 Å². The normalized spacial score (nSPS) is 26.2. The van der Waals surface area contributed by atoms with Gasteiger partial charge in [-0.25, -0.2) is 0 Å². The first kappa shape index (κ1) is 13.2. The molecule has 1 fully saturated rings. The van der Waals surface area contributed by atoms with Crippen molar-refractivity contribution in [2.75, 3.05) is 19.8 Å². The van der Waals surface area contributed by atoms with Gasteiger partial charge in [-0.15, -0.1) is 0 Å². The van der Waals surface area contributed by atoms with E-state index in [0.29, 0.717) is 38.4 Å². The monoisotopic (exact) mass is 228 g/mol. The predicted molar refractivity (Wildman–Crippen MR) is 59.0 cm³/mol. The quantitative estimate of drug-likeness (QED) is 0.592. The number of rotatable bonds is 0. The highest BCUT2D eigenvalue weighted by molar-refractivity contribution is 5.80. The van der Waals surface area contributed by atoms with Crippen LogP contribution in [0.5, 0.6) is 0 Å². The Morgan fingerprint density at radius 3 is 2.69 bits per heavy atom. The van der Waals surface area contributed by atoms with Gasteiger partial charge < -0.3 is 9.47 Å². The van der Waals surface area contributed by atoms with Crippen molar-refractivity contribution in [1.29, 1.82) is 0 Å². The number of Topliss-reactive ketones (excluding diaryl/α,β-unsaturated/α-hetero) is 1. The molecular weight excluding hydrogens is 208 g/mol. The van der Waals surface area contributed by atoms with E-state index in [-0.39, 0.29) is 18.4 Å². The molecule has 0 aromatic carbocycles. The predicted octanol–water partition coefficient (Wildman–Crippen LogP) is 1.72. The van der Waals surface area contributed by atoms with Gasteiger partial charge in [-0.1, -0.05) is 6.92 Å². The zero-order valence-corrected chi connectivity index (χ0v) is 9.87. The summed E-state index contributed by atoms with van der Waals surface area (Å²) in [7, 11) is 0. The van der Waals surface area contributed by atoms with Crippen LogP contribution in [0.1, 0.15) is 39.0 Å². The average Bonchev–Trinajstić information content (AvgIpc) is 2.24. The molecule has 0 saturated carbocycles. The molecule has 1 rings (SSSR count). The molecule has 16 heavy (non-hydrogen) atoms. The summed E-state index contributed by atoms with van der Waals surface area (Å²) in [5.41, 5.74) is 0. The molecule has 0 amide bonds. The van der Waals surface area contributed by atoms with Crippen LogP contribution in [-0.4, -0.2) is 31.6 Å². The standard InChI is InChI=1S/C12H20O4/c1-10-5-7-15-9-11(13)3-2-4-12(14)16-8-6-10/h10H,2-9H2,1H3. The Balaban J connectivity index is 2.36. The van der Waals surface area contributed by atoms with Crippen molar-refractivity contribution in [2.45, 2.75) is 39.0 Å². The van der Waals surface area contributed by atoms with Gasteiger partial charge >= 0.3 is 5.97 Å². The van der Waals surface area contributed by atoms with Crippen LogP contribution >= 0.6 is 0 Å². The lowest BCUT2D eigenvalue weighted by molar-refractivity contribution is -0.144. The number of esters is 1. The van der Waals surface area contributed by atoms with E-state index in [0.717, 1.165) is 12.8 Å². The molecule has 1 atom stereocenters. The molecule has 0 N–H and O–H groups in total. The van der Waals surface area contributed by atoms with Crippen molar-refractivity contribution in [1.82, 2.24) is 0 Å². The van der Waals surface area contributed by atoms with Crippen LogP contribution in [0.15, 0.2) is 0 Å². The summed E-state index contributed by atoms with van der Waals surface area (Å²) in [6.45, 7) is 3.37. The largest absolute Gasteiger partial charge is 0.466 e. The first-order valence-corrected chi connectivity index (χ1v) is 5.93. The molecule has 4 heteroatoms. The van der Waals surface area contributed by atoms with Crippen LogP contribution in [-0.2, 0) is 19.1 Å². The van der Waals surface area contributed by atoms with Crippen LogP contribution in [0.2, 0.25) is 0 Å². The highest BCUT2D eigenvalue weighted by Gasteiger charge is 2.10. The fraction of sp³-hybridized carbons (Fsp3) is 0.833. The number of carbonyl (C=O) groups is 2. The lowest BCUT2D eigenvalue weighted by atomic mass is 10.1. The summed E-state index contributed by atoms with van der Waals surface area (Å²) in [6.07, 6.45) is 3.08. The summed E-state index contributed by atoms with van der Waals surface area (Å²) < 4.78 is 10.4. The third kappa shape index (κ3) is 5.85. The Bertz CT molecular complexity index is 237. The summed E-state index contributed by atoms with van der Waals surface area (Å²) in [5, 5.41) is 0. The average molecular weight is 228 g/mol. The molecule has 0 aromatic rings. The Hall–Kier alpha value is -0.900. The molecule has 1 saturated heterocycles. The number of cyclic esters (lactones) is 1. The maximum atomic E-state index is 11.3. The Kier molecular flexibility index (Phi) is 6.08. The lowest BCUT2D eigenvalue weighted by Crippen LogP contribution is -2.10. The van der Waals surface area contributed by atoms with E-state index in [1.807, 2.05) is 0 Å². The zero-order chi connectivity index (χ0) is 11.8. The second-order valence-corrected chi connectivity index (χ2v) is 4.35. The van der Waals surface area contributed by atoms with Gasteiger partial charge in [0.2, 0.25) is 0 Å². The highest BCUT2D eigenvalue weighted by Crippen LogP contribution is 2.09. The number of carbonyl (C=O) groups excluding carboxylic acids is 2. The lowest BCUT2D eigenvalue weighted by Gasteiger charge is -2.10. The maximum Gasteiger partial charge on any atom is 0.305 e. The molecular formula is C12H20O4. The van der Waals surface area contributed by atoms with Gasteiger partial charge in [0.05, 0.1) is 6.61 Å². The third-order valence-corrected chi connectivity index (χ3v) is 2.73.